The molecular weight excluding hydrogens is 431 g/mol. The Hall–Kier alpha value is -2.98. The van der Waals surface area contributed by atoms with Gasteiger partial charge in [-0.25, -0.2) is 26.6 Å². The number of hydrogen-bond donors (Lipinski definition) is 0. The van der Waals surface area contributed by atoms with Gasteiger partial charge in [0.25, 0.3) is 10.0 Å². The molecule has 0 amide bonds. The zero-order valence-corrected chi connectivity index (χ0v) is 17.2. The zero-order chi connectivity index (χ0) is 22.3. The number of halogens is 3. The SMILES string of the molecule is Cn1cnc(S(=O)(=O)N2C[C@H](C(=O)c3ccc(F)c(F)c3)[C@@H](c3ccc(F)cc3)C2)c1. The van der Waals surface area contributed by atoms with E-state index in [2.05, 4.69) is 4.98 Å². The van der Waals surface area contributed by atoms with Crippen molar-refractivity contribution in [2.75, 3.05) is 13.1 Å². The van der Waals surface area contributed by atoms with Crippen molar-refractivity contribution >= 4 is 15.8 Å². The standard InChI is InChI=1S/C21H18F3N3O3S/c1-26-11-20(25-12-26)31(29,30)27-9-16(13-2-5-15(22)6-3-13)17(10-27)21(28)14-4-7-18(23)19(24)8-14/h2-8,11-12,16-17H,9-10H2,1H3/t16-,17+/m1/s1. The van der Waals surface area contributed by atoms with Crippen molar-refractivity contribution in [1.29, 1.82) is 0 Å². The van der Waals surface area contributed by atoms with Crippen LogP contribution in [0.1, 0.15) is 21.8 Å². The maximum absolute atomic E-state index is 13.7. The summed E-state index contributed by atoms with van der Waals surface area (Å²) < 4.78 is 69.1. The molecule has 1 fully saturated rings. The molecule has 1 aliphatic rings. The summed E-state index contributed by atoms with van der Waals surface area (Å²) in [4.78, 5) is 17.1. The first-order valence-electron chi connectivity index (χ1n) is 9.39. The third-order valence-electron chi connectivity index (χ3n) is 5.41. The van der Waals surface area contributed by atoms with Crippen LogP contribution < -0.4 is 0 Å². The minimum atomic E-state index is -3.99. The molecule has 1 aliphatic heterocycles. The van der Waals surface area contributed by atoms with Crippen molar-refractivity contribution in [2.45, 2.75) is 10.9 Å². The predicted octanol–water partition coefficient (Wildman–Crippen LogP) is 3.12. The van der Waals surface area contributed by atoms with E-state index < -0.39 is 45.1 Å². The van der Waals surface area contributed by atoms with Gasteiger partial charge in [-0.1, -0.05) is 12.1 Å². The number of sulfonamides is 1. The van der Waals surface area contributed by atoms with E-state index in [1.165, 1.54) is 47.4 Å². The average molecular weight is 449 g/mol. The predicted molar refractivity (Wildman–Crippen MR) is 105 cm³/mol. The van der Waals surface area contributed by atoms with Gasteiger partial charge in [0.05, 0.1) is 6.33 Å². The van der Waals surface area contributed by atoms with Crippen molar-refractivity contribution in [1.82, 2.24) is 13.9 Å². The maximum atomic E-state index is 13.7. The van der Waals surface area contributed by atoms with Gasteiger partial charge in [-0.15, -0.1) is 0 Å². The highest BCUT2D eigenvalue weighted by Gasteiger charge is 2.44. The number of hydrogen-bond acceptors (Lipinski definition) is 4. The first-order valence-corrected chi connectivity index (χ1v) is 10.8. The molecule has 1 aromatic heterocycles. The lowest BCUT2D eigenvalue weighted by molar-refractivity contribution is 0.0917. The van der Waals surface area contributed by atoms with Gasteiger partial charge in [0.15, 0.2) is 22.4 Å². The normalized spacial score (nSPS) is 19.6. The lowest BCUT2D eigenvalue weighted by Gasteiger charge is -2.18. The first kappa shape index (κ1) is 21.3. The topological polar surface area (TPSA) is 72.3 Å². The molecule has 2 aromatic carbocycles. The fourth-order valence-electron chi connectivity index (χ4n) is 3.80. The summed E-state index contributed by atoms with van der Waals surface area (Å²) in [6.45, 7) is -0.205. The van der Waals surface area contributed by atoms with Crippen LogP contribution in [0.15, 0.2) is 60.0 Å². The Morgan fingerprint density at radius 2 is 1.74 bits per heavy atom. The van der Waals surface area contributed by atoms with Gasteiger partial charge < -0.3 is 4.57 Å². The number of benzene rings is 2. The van der Waals surface area contributed by atoms with E-state index in [-0.39, 0.29) is 23.7 Å². The summed E-state index contributed by atoms with van der Waals surface area (Å²) in [5, 5.41) is -0.159. The lowest BCUT2D eigenvalue weighted by atomic mass is 9.84. The number of Topliss-reactive ketones (excluding diaryl/α,β-unsaturated/α-hetero) is 1. The Balaban J connectivity index is 1.72. The Kier molecular flexibility index (Phi) is 5.44. The third-order valence-corrected chi connectivity index (χ3v) is 7.13. The minimum Gasteiger partial charge on any atom is -0.339 e. The van der Waals surface area contributed by atoms with Gasteiger partial charge in [-0.05, 0) is 35.9 Å². The van der Waals surface area contributed by atoms with E-state index in [1.54, 1.807) is 7.05 Å². The van der Waals surface area contributed by atoms with Crippen LogP contribution in [0.3, 0.4) is 0 Å². The fourth-order valence-corrected chi connectivity index (χ4v) is 5.25. The number of aryl methyl sites for hydroxylation is 1. The summed E-state index contributed by atoms with van der Waals surface area (Å²) in [6.07, 6.45) is 2.71. The smallest absolute Gasteiger partial charge is 0.262 e. The molecular formula is C21H18F3N3O3S. The molecule has 4 rings (SSSR count). The molecule has 0 bridgehead atoms. The molecule has 162 valence electrons. The average Bonchev–Trinajstić information content (AvgIpc) is 3.38. The Morgan fingerprint density at radius 1 is 1.03 bits per heavy atom. The molecule has 2 atom stereocenters. The van der Waals surface area contributed by atoms with Crippen LogP contribution in [0.25, 0.3) is 0 Å². The monoisotopic (exact) mass is 449 g/mol. The zero-order valence-electron chi connectivity index (χ0n) is 16.4. The Labute approximate surface area is 177 Å². The second kappa shape index (κ2) is 7.93. The van der Waals surface area contributed by atoms with Crippen LogP contribution in [0, 0.1) is 23.4 Å². The number of carbonyl (C=O) groups excluding carboxylic acids is 1. The van der Waals surface area contributed by atoms with Crippen LogP contribution in [0.5, 0.6) is 0 Å². The van der Waals surface area contributed by atoms with E-state index in [0.717, 1.165) is 16.4 Å². The number of carbonyl (C=O) groups is 1. The van der Waals surface area contributed by atoms with Crippen LogP contribution in [0.4, 0.5) is 13.2 Å². The molecule has 31 heavy (non-hydrogen) atoms. The van der Waals surface area contributed by atoms with E-state index in [0.29, 0.717) is 5.56 Å². The molecule has 0 N–H and O–H groups in total. The largest absolute Gasteiger partial charge is 0.339 e. The number of aromatic nitrogens is 2. The lowest BCUT2D eigenvalue weighted by Crippen LogP contribution is -2.30. The van der Waals surface area contributed by atoms with Gasteiger partial charge in [0, 0.05) is 43.7 Å². The van der Waals surface area contributed by atoms with Crippen molar-refractivity contribution in [3.63, 3.8) is 0 Å². The molecule has 0 radical (unpaired) electrons. The van der Waals surface area contributed by atoms with Gasteiger partial charge in [-0.3, -0.25) is 4.79 Å². The minimum absolute atomic E-state index is 0.0371. The van der Waals surface area contributed by atoms with Crippen molar-refractivity contribution in [2.24, 2.45) is 13.0 Å². The molecule has 10 heteroatoms. The second-order valence-corrected chi connectivity index (χ2v) is 9.34. The number of nitrogens with zero attached hydrogens (tertiary/aromatic N) is 3. The first-order chi connectivity index (χ1) is 14.7. The highest BCUT2D eigenvalue weighted by Crippen LogP contribution is 2.37. The van der Waals surface area contributed by atoms with Gasteiger partial charge in [0.2, 0.25) is 0 Å². The van der Waals surface area contributed by atoms with E-state index in [4.69, 9.17) is 0 Å². The number of rotatable bonds is 5. The summed E-state index contributed by atoms with van der Waals surface area (Å²) in [6, 6.07) is 8.25. The molecule has 2 heterocycles. The van der Waals surface area contributed by atoms with Crippen LogP contribution in [-0.2, 0) is 17.1 Å². The quantitative estimate of drug-likeness (QED) is 0.561. The highest BCUT2D eigenvalue weighted by molar-refractivity contribution is 7.89. The van der Waals surface area contributed by atoms with Crippen molar-refractivity contribution < 1.29 is 26.4 Å². The van der Waals surface area contributed by atoms with Crippen molar-refractivity contribution in [3.05, 3.63) is 83.6 Å². The molecule has 0 aliphatic carbocycles. The molecule has 0 unspecified atom stereocenters. The van der Waals surface area contributed by atoms with E-state index >= 15 is 0 Å². The van der Waals surface area contributed by atoms with E-state index in [1.807, 2.05) is 0 Å². The molecule has 0 saturated carbocycles. The summed E-state index contributed by atoms with van der Waals surface area (Å²) in [5.41, 5.74) is 0.508. The van der Waals surface area contributed by atoms with Gasteiger partial charge in [-0.2, -0.15) is 4.31 Å². The van der Waals surface area contributed by atoms with E-state index in [9.17, 15) is 26.4 Å². The maximum Gasteiger partial charge on any atom is 0.262 e. The molecule has 1 saturated heterocycles. The Bertz CT molecular complexity index is 1240. The molecule has 0 spiro atoms. The summed E-state index contributed by atoms with van der Waals surface area (Å²) in [7, 11) is -2.36. The third kappa shape index (κ3) is 4.00. The van der Waals surface area contributed by atoms with Crippen LogP contribution in [-0.4, -0.2) is 41.1 Å². The summed E-state index contributed by atoms with van der Waals surface area (Å²) in [5.74, 6) is -4.71. The molecule has 3 aromatic rings. The highest BCUT2D eigenvalue weighted by atomic mass is 32.2. The number of imidazole rings is 1. The summed E-state index contributed by atoms with van der Waals surface area (Å²) >= 11 is 0. The van der Waals surface area contributed by atoms with Crippen molar-refractivity contribution in [3.8, 4) is 0 Å². The van der Waals surface area contributed by atoms with Crippen LogP contribution >= 0.6 is 0 Å². The fraction of sp³-hybridized carbons (Fsp3) is 0.238. The Morgan fingerprint density at radius 3 is 2.35 bits per heavy atom. The van der Waals surface area contributed by atoms with Gasteiger partial charge in [0.1, 0.15) is 5.82 Å². The second-order valence-electron chi connectivity index (χ2n) is 7.46. The van der Waals surface area contributed by atoms with Gasteiger partial charge >= 0.3 is 0 Å². The van der Waals surface area contributed by atoms with Crippen LogP contribution in [0.2, 0.25) is 0 Å². The number of ketones is 1. The molecule has 6 nitrogen and oxygen atoms in total.